The van der Waals surface area contributed by atoms with Gasteiger partial charge < -0.3 is 23.8 Å². The molecular formula is C13H23N2O5P. The summed E-state index contributed by atoms with van der Waals surface area (Å²) in [6.45, 7) is 4.95. The van der Waals surface area contributed by atoms with Crippen LogP contribution in [0.1, 0.15) is 26.7 Å². The summed E-state index contributed by atoms with van der Waals surface area (Å²) in [6.07, 6.45) is 1.94. The van der Waals surface area contributed by atoms with Crippen LogP contribution < -0.4 is 0 Å². The SMILES string of the molecule is CCOP(=O)(OCC)/C(C#N)=C(/OCCO)N1CCCC1. The van der Waals surface area contributed by atoms with Crippen LogP contribution in [-0.2, 0) is 18.3 Å². The first-order valence-corrected chi connectivity index (χ1v) is 8.69. The highest BCUT2D eigenvalue weighted by Gasteiger charge is 2.36. The lowest BCUT2D eigenvalue weighted by Crippen LogP contribution is -2.24. The van der Waals surface area contributed by atoms with Crippen molar-refractivity contribution >= 4 is 7.60 Å². The van der Waals surface area contributed by atoms with E-state index in [1.54, 1.807) is 13.8 Å². The summed E-state index contributed by atoms with van der Waals surface area (Å²) in [5, 5.41) is 18.3. The number of ether oxygens (including phenoxy) is 1. The van der Waals surface area contributed by atoms with Crippen LogP contribution in [0.15, 0.2) is 11.2 Å². The third kappa shape index (κ3) is 4.72. The van der Waals surface area contributed by atoms with Gasteiger partial charge in [-0.3, -0.25) is 4.57 Å². The third-order valence-corrected chi connectivity index (χ3v) is 4.94. The molecule has 8 heteroatoms. The first-order chi connectivity index (χ1) is 10.1. The van der Waals surface area contributed by atoms with Crippen LogP contribution in [-0.4, -0.2) is 49.5 Å². The summed E-state index contributed by atoms with van der Waals surface area (Å²) in [6, 6.07) is 1.92. The largest absolute Gasteiger partial charge is 0.475 e. The number of nitrogens with zero attached hydrogens (tertiary/aromatic N) is 2. The van der Waals surface area contributed by atoms with Gasteiger partial charge in [-0.2, -0.15) is 5.26 Å². The predicted molar refractivity (Wildman–Crippen MR) is 77.3 cm³/mol. The molecule has 0 radical (unpaired) electrons. The fourth-order valence-corrected chi connectivity index (χ4v) is 3.68. The molecule has 0 unspecified atom stereocenters. The molecule has 0 atom stereocenters. The Morgan fingerprint density at radius 3 is 2.29 bits per heavy atom. The molecule has 0 aromatic heterocycles. The predicted octanol–water partition coefficient (Wildman–Crippen LogP) is 2.05. The molecule has 0 spiro atoms. The number of hydrogen-bond donors (Lipinski definition) is 1. The molecule has 21 heavy (non-hydrogen) atoms. The number of aliphatic hydroxyl groups is 1. The van der Waals surface area contributed by atoms with Crippen molar-refractivity contribution in [2.45, 2.75) is 26.7 Å². The third-order valence-electron chi connectivity index (χ3n) is 2.90. The average molecular weight is 318 g/mol. The number of aliphatic hydroxyl groups excluding tert-OH is 1. The van der Waals surface area contributed by atoms with Gasteiger partial charge >= 0.3 is 7.60 Å². The minimum absolute atomic E-state index is 0.0231. The molecule has 1 aliphatic rings. The van der Waals surface area contributed by atoms with Crippen LogP contribution in [0.5, 0.6) is 0 Å². The van der Waals surface area contributed by atoms with Gasteiger partial charge in [0.2, 0.25) is 11.2 Å². The molecule has 0 saturated carbocycles. The van der Waals surface area contributed by atoms with E-state index in [0.29, 0.717) is 13.1 Å². The second kappa shape index (κ2) is 9.06. The smallest absolute Gasteiger partial charge is 0.377 e. The normalized spacial score (nSPS) is 16.6. The molecule has 0 aromatic rings. The highest BCUT2D eigenvalue weighted by molar-refractivity contribution is 7.58. The number of rotatable bonds is 9. The van der Waals surface area contributed by atoms with E-state index in [2.05, 4.69) is 0 Å². The minimum atomic E-state index is -3.71. The Bertz CT molecular complexity index is 430. The molecule has 0 amide bonds. The zero-order valence-corrected chi connectivity index (χ0v) is 13.5. The van der Waals surface area contributed by atoms with Crippen molar-refractivity contribution in [3.63, 3.8) is 0 Å². The molecule has 0 bridgehead atoms. The highest BCUT2D eigenvalue weighted by Crippen LogP contribution is 2.57. The summed E-state index contributed by atoms with van der Waals surface area (Å²) in [4.78, 5) is 1.85. The van der Waals surface area contributed by atoms with Crippen LogP contribution >= 0.6 is 7.60 Å². The minimum Gasteiger partial charge on any atom is -0.475 e. The topological polar surface area (TPSA) is 92.0 Å². The summed E-state index contributed by atoms with van der Waals surface area (Å²) in [7, 11) is -3.71. The van der Waals surface area contributed by atoms with E-state index in [-0.39, 0.29) is 37.6 Å². The highest BCUT2D eigenvalue weighted by atomic mass is 31.2. The van der Waals surface area contributed by atoms with E-state index in [9.17, 15) is 9.83 Å². The van der Waals surface area contributed by atoms with Crippen molar-refractivity contribution in [3.05, 3.63) is 11.2 Å². The Morgan fingerprint density at radius 1 is 1.29 bits per heavy atom. The molecular weight excluding hydrogens is 295 g/mol. The van der Waals surface area contributed by atoms with Gasteiger partial charge in [-0.25, -0.2) is 0 Å². The van der Waals surface area contributed by atoms with Crippen molar-refractivity contribution in [1.29, 1.82) is 5.26 Å². The second-order valence-corrected chi connectivity index (χ2v) is 6.32. The van der Waals surface area contributed by atoms with Gasteiger partial charge in [0.15, 0.2) is 0 Å². The van der Waals surface area contributed by atoms with E-state index in [0.717, 1.165) is 12.8 Å². The first kappa shape index (κ1) is 18.0. The van der Waals surface area contributed by atoms with Crippen LogP contribution in [0.4, 0.5) is 0 Å². The van der Waals surface area contributed by atoms with E-state index in [1.165, 1.54) is 0 Å². The van der Waals surface area contributed by atoms with Crippen LogP contribution in [0.3, 0.4) is 0 Å². The van der Waals surface area contributed by atoms with Crippen molar-refractivity contribution in [3.8, 4) is 6.07 Å². The zero-order chi connectivity index (χ0) is 15.7. The molecule has 1 rings (SSSR count). The summed E-state index contributed by atoms with van der Waals surface area (Å²) in [5.41, 5.74) is 0. The van der Waals surface area contributed by atoms with Gasteiger partial charge in [0, 0.05) is 13.1 Å². The summed E-state index contributed by atoms with van der Waals surface area (Å²) >= 11 is 0. The number of likely N-dealkylation sites (tertiary alicyclic amines) is 1. The lowest BCUT2D eigenvalue weighted by molar-refractivity contribution is 0.0901. The molecule has 1 saturated heterocycles. The fraction of sp³-hybridized carbons (Fsp3) is 0.769. The summed E-state index contributed by atoms with van der Waals surface area (Å²) < 4.78 is 28.7. The standard InChI is InChI=1S/C13H23N2O5P/c1-3-19-21(17,20-4-2)12(11-14)13(18-10-9-16)15-7-5-6-8-15/h16H,3-10H2,1-2H3/b13-12+. The Labute approximate surface area is 125 Å². The molecule has 0 aliphatic carbocycles. The van der Waals surface area contributed by atoms with Crippen molar-refractivity contribution < 1.29 is 23.5 Å². The Kier molecular flexibility index (Phi) is 7.76. The van der Waals surface area contributed by atoms with Gasteiger partial charge in [-0.15, -0.1) is 0 Å². The lowest BCUT2D eigenvalue weighted by Gasteiger charge is -2.25. The quantitative estimate of drug-likeness (QED) is 0.395. The maximum absolute atomic E-state index is 12.8. The molecule has 7 nitrogen and oxygen atoms in total. The Balaban J connectivity index is 3.21. The number of hydrogen-bond acceptors (Lipinski definition) is 7. The maximum Gasteiger partial charge on any atom is 0.377 e. The van der Waals surface area contributed by atoms with Crippen LogP contribution in [0, 0.1) is 11.3 Å². The number of nitriles is 1. The van der Waals surface area contributed by atoms with Gasteiger partial charge in [0.25, 0.3) is 0 Å². The van der Waals surface area contributed by atoms with E-state index < -0.39 is 7.60 Å². The first-order valence-electron chi connectivity index (χ1n) is 7.15. The zero-order valence-electron chi connectivity index (χ0n) is 12.6. The molecule has 1 heterocycles. The maximum atomic E-state index is 12.8. The number of allylic oxidation sites excluding steroid dienone is 1. The molecule has 0 aromatic carbocycles. The monoisotopic (exact) mass is 318 g/mol. The van der Waals surface area contributed by atoms with Crippen molar-refractivity contribution in [2.24, 2.45) is 0 Å². The Hall–Kier alpha value is -1.06. The molecule has 1 fully saturated rings. The van der Waals surface area contributed by atoms with Gasteiger partial charge in [0.1, 0.15) is 12.7 Å². The molecule has 120 valence electrons. The van der Waals surface area contributed by atoms with Gasteiger partial charge in [-0.05, 0) is 26.7 Å². The second-order valence-electron chi connectivity index (χ2n) is 4.36. The summed E-state index contributed by atoms with van der Waals surface area (Å²) in [5.74, 6) is 0.203. The van der Waals surface area contributed by atoms with E-state index in [1.807, 2.05) is 11.0 Å². The molecule has 1 N–H and O–H groups in total. The average Bonchev–Trinajstić information content (AvgIpc) is 2.97. The lowest BCUT2D eigenvalue weighted by atomic mass is 10.4. The van der Waals surface area contributed by atoms with Crippen molar-refractivity contribution in [2.75, 3.05) is 39.5 Å². The van der Waals surface area contributed by atoms with Crippen LogP contribution in [0.2, 0.25) is 0 Å². The van der Waals surface area contributed by atoms with Gasteiger partial charge in [0.05, 0.1) is 19.8 Å². The van der Waals surface area contributed by atoms with Crippen molar-refractivity contribution in [1.82, 2.24) is 4.90 Å². The van der Waals surface area contributed by atoms with Gasteiger partial charge in [-0.1, -0.05) is 0 Å². The molecule has 1 aliphatic heterocycles. The fourth-order valence-electron chi connectivity index (χ4n) is 2.10. The van der Waals surface area contributed by atoms with E-state index in [4.69, 9.17) is 18.9 Å². The van der Waals surface area contributed by atoms with E-state index >= 15 is 0 Å². The van der Waals surface area contributed by atoms with Crippen LogP contribution in [0.25, 0.3) is 0 Å². The Morgan fingerprint density at radius 2 is 1.86 bits per heavy atom.